The molecule has 1 aromatic carbocycles. The molecule has 1 amide bonds. The van der Waals surface area contributed by atoms with Crippen molar-refractivity contribution in [2.24, 2.45) is 0 Å². The van der Waals surface area contributed by atoms with Gasteiger partial charge in [-0.1, -0.05) is 22.9 Å². The number of benzene rings is 1. The number of amides is 1. The van der Waals surface area contributed by atoms with Gasteiger partial charge in [0.05, 0.1) is 0 Å². The molecule has 1 aliphatic heterocycles. The van der Waals surface area contributed by atoms with Crippen molar-refractivity contribution < 1.29 is 4.79 Å². The first-order valence-electron chi connectivity index (χ1n) is 8.03. The summed E-state index contributed by atoms with van der Waals surface area (Å²) in [5, 5.41) is 11.1. The quantitative estimate of drug-likeness (QED) is 0.870. The zero-order valence-electron chi connectivity index (χ0n) is 13.6. The summed E-state index contributed by atoms with van der Waals surface area (Å²) in [6.45, 7) is 7.19. The molecule has 2 heterocycles. The first-order chi connectivity index (χ1) is 11.7. The molecule has 7 heteroatoms. The van der Waals surface area contributed by atoms with Crippen molar-refractivity contribution in [3.05, 3.63) is 46.6 Å². The maximum absolute atomic E-state index is 12.2. The van der Waals surface area contributed by atoms with E-state index in [1.165, 1.54) is 0 Å². The second-order valence-corrected chi connectivity index (χ2v) is 6.57. The summed E-state index contributed by atoms with van der Waals surface area (Å²) in [6, 6.07) is 11.0. The summed E-state index contributed by atoms with van der Waals surface area (Å²) >= 11 is 3.37. The molecule has 2 aromatic rings. The van der Waals surface area contributed by atoms with E-state index >= 15 is 0 Å². The van der Waals surface area contributed by atoms with E-state index in [2.05, 4.69) is 48.2 Å². The first-order valence-corrected chi connectivity index (χ1v) is 8.83. The van der Waals surface area contributed by atoms with Crippen molar-refractivity contribution in [1.82, 2.24) is 15.1 Å². The minimum Gasteiger partial charge on any atom is -0.353 e. The van der Waals surface area contributed by atoms with Gasteiger partial charge in [-0.2, -0.15) is 0 Å². The molecule has 0 unspecified atom stereocenters. The van der Waals surface area contributed by atoms with Crippen molar-refractivity contribution in [3.8, 4) is 0 Å². The van der Waals surface area contributed by atoms with Crippen molar-refractivity contribution >= 4 is 33.3 Å². The molecule has 24 heavy (non-hydrogen) atoms. The molecule has 1 aliphatic rings. The van der Waals surface area contributed by atoms with Gasteiger partial charge in [-0.05, 0) is 42.9 Å². The summed E-state index contributed by atoms with van der Waals surface area (Å²) in [4.78, 5) is 16.8. The van der Waals surface area contributed by atoms with Gasteiger partial charge in [-0.25, -0.2) is 0 Å². The van der Waals surface area contributed by atoms with Gasteiger partial charge in [-0.15, -0.1) is 10.2 Å². The first kappa shape index (κ1) is 16.9. The highest BCUT2D eigenvalue weighted by atomic mass is 79.9. The van der Waals surface area contributed by atoms with Crippen LogP contribution in [0.5, 0.6) is 0 Å². The molecule has 0 atom stereocenters. The standard InChI is InChI=1S/C17H20BrN5O/c1-2-22-9-11-23(12-10-22)16-8-7-15(20-21-16)17(24)19-14-5-3-13(18)4-6-14/h3-8H,2,9-12H2,1H3,(H,19,24). The van der Waals surface area contributed by atoms with Gasteiger partial charge >= 0.3 is 0 Å². The van der Waals surface area contributed by atoms with Gasteiger partial charge in [0.15, 0.2) is 11.5 Å². The van der Waals surface area contributed by atoms with Gasteiger partial charge in [-0.3, -0.25) is 4.79 Å². The number of carbonyl (C=O) groups excluding carboxylic acids is 1. The van der Waals surface area contributed by atoms with E-state index in [1.807, 2.05) is 30.3 Å². The highest BCUT2D eigenvalue weighted by Crippen LogP contribution is 2.16. The van der Waals surface area contributed by atoms with Crippen LogP contribution in [0.2, 0.25) is 0 Å². The van der Waals surface area contributed by atoms with E-state index in [1.54, 1.807) is 6.07 Å². The summed E-state index contributed by atoms with van der Waals surface area (Å²) in [7, 11) is 0. The second-order valence-electron chi connectivity index (χ2n) is 5.66. The highest BCUT2D eigenvalue weighted by Gasteiger charge is 2.17. The van der Waals surface area contributed by atoms with Crippen molar-refractivity contribution in [2.75, 3.05) is 42.9 Å². The van der Waals surface area contributed by atoms with E-state index in [-0.39, 0.29) is 5.91 Å². The second kappa shape index (κ2) is 7.72. The van der Waals surface area contributed by atoms with Crippen LogP contribution in [0.3, 0.4) is 0 Å². The molecule has 6 nitrogen and oxygen atoms in total. The maximum atomic E-state index is 12.2. The molecular weight excluding hydrogens is 370 g/mol. The van der Waals surface area contributed by atoms with Crippen LogP contribution in [-0.2, 0) is 0 Å². The molecule has 1 N–H and O–H groups in total. The Balaban J connectivity index is 1.61. The fraction of sp³-hybridized carbons (Fsp3) is 0.353. The third-order valence-electron chi connectivity index (χ3n) is 4.13. The molecule has 3 rings (SSSR count). The molecule has 0 bridgehead atoms. The smallest absolute Gasteiger partial charge is 0.276 e. The lowest BCUT2D eigenvalue weighted by atomic mass is 10.3. The number of anilines is 2. The van der Waals surface area contributed by atoms with Gasteiger partial charge in [0.1, 0.15) is 0 Å². The van der Waals surface area contributed by atoms with Crippen LogP contribution in [0.4, 0.5) is 11.5 Å². The van der Waals surface area contributed by atoms with E-state index in [9.17, 15) is 4.79 Å². The number of aromatic nitrogens is 2. The van der Waals surface area contributed by atoms with Crippen LogP contribution < -0.4 is 10.2 Å². The summed E-state index contributed by atoms with van der Waals surface area (Å²) in [5.74, 6) is 0.568. The highest BCUT2D eigenvalue weighted by molar-refractivity contribution is 9.10. The lowest BCUT2D eigenvalue weighted by Gasteiger charge is -2.34. The number of carbonyl (C=O) groups is 1. The maximum Gasteiger partial charge on any atom is 0.276 e. The number of likely N-dealkylation sites (N-methyl/N-ethyl adjacent to an activating group) is 1. The van der Waals surface area contributed by atoms with Gasteiger partial charge in [0.25, 0.3) is 5.91 Å². The summed E-state index contributed by atoms with van der Waals surface area (Å²) in [6.07, 6.45) is 0. The van der Waals surface area contributed by atoms with Crippen LogP contribution >= 0.6 is 15.9 Å². The third kappa shape index (κ3) is 4.10. The van der Waals surface area contributed by atoms with Crippen molar-refractivity contribution in [2.45, 2.75) is 6.92 Å². The van der Waals surface area contributed by atoms with E-state index in [4.69, 9.17) is 0 Å². The van der Waals surface area contributed by atoms with Gasteiger partial charge in [0.2, 0.25) is 0 Å². The van der Waals surface area contributed by atoms with E-state index in [0.29, 0.717) is 5.69 Å². The molecule has 1 fully saturated rings. The normalized spacial score (nSPS) is 15.3. The molecule has 0 spiro atoms. The predicted molar refractivity (Wildman–Crippen MR) is 98.5 cm³/mol. The molecule has 1 saturated heterocycles. The molecule has 126 valence electrons. The summed E-state index contributed by atoms with van der Waals surface area (Å²) < 4.78 is 0.966. The third-order valence-corrected chi connectivity index (χ3v) is 4.66. The Kier molecular flexibility index (Phi) is 5.42. The Morgan fingerprint density at radius 1 is 1.08 bits per heavy atom. The van der Waals surface area contributed by atoms with Crippen LogP contribution in [-0.4, -0.2) is 53.7 Å². The summed E-state index contributed by atoms with van der Waals surface area (Å²) in [5.41, 5.74) is 1.04. The Morgan fingerprint density at radius 3 is 2.38 bits per heavy atom. The average molecular weight is 390 g/mol. The number of nitrogens with zero attached hydrogens (tertiary/aromatic N) is 4. The number of piperazine rings is 1. The van der Waals surface area contributed by atoms with Crippen molar-refractivity contribution in [1.29, 1.82) is 0 Å². The Hall–Kier alpha value is -1.99. The SMILES string of the molecule is CCN1CCN(c2ccc(C(=O)Nc3ccc(Br)cc3)nn2)CC1. The fourth-order valence-corrected chi connectivity index (χ4v) is 2.90. The lowest BCUT2D eigenvalue weighted by Crippen LogP contribution is -2.46. The topological polar surface area (TPSA) is 61.4 Å². The Labute approximate surface area is 150 Å². The fourth-order valence-electron chi connectivity index (χ4n) is 2.64. The number of hydrogen-bond acceptors (Lipinski definition) is 5. The predicted octanol–water partition coefficient (Wildman–Crippen LogP) is 2.63. The Bertz CT molecular complexity index is 681. The number of hydrogen-bond donors (Lipinski definition) is 1. The number of nitrogens with one attached hydrogen (secondary N) is 1. The number of rotatable bonds is 4. The minimum absolute atomic E-state index is 0.257. The van der Waals surface area contributed by atoms with E-state index < -0.39 is 0 Å². The number of halogens is 1. The zero-order valence-corrected chi connectivity index (χ0v) is 15.2. The Morgan fingerprint density at radius 2 is 1.79 bits per heavy atom. The molecule has 0 aliphatic carbocycles. The molecule has 0 radical (unpaired) electrons. The van der Waals surface area contributed by atoms with Gasteiger partial charge in [0, 0.05) is 36.3 Å². The largest absolute Gasteiger partial charge is 0.353 e. The zero-order chi connectivity index (χ0) is 16.9. The van der Waals surface area contributed by atoms with Crippen LogP contribution in [0, 0.1) is 0 Å². The van der Waals surface area contributed by atoms with Gasteiger partial charge < -0.3 is 15.1 Å². The average Bonchev–Trinajstić information content (AvgIpc) is 2.64. The van der Waals surface area contributed by atoms with E-state index in [0.717, 1.165) is 48.7 Å². The molecular formula is C17H20BrN5O. The lowest BCUT2D eigenvalue weighted by molar-refractivity contribution is 0.102. The molecule has 0 saturated carbocycles. The molecule has 1 aromatic heterocycles. The minimum atomic E-state index is -0.257. The van der Waals surface area contributed by atoms with Crippen molar-refractivity contribution in [3.63, 3.8) is 0 Å². The monoisotopic (exact) mass is 389 g/mol. The van der Waals surface area contributed by atoms with Crippen LogP contribution in [0.25, 0.3) is 0 Å². The van der Waals surface area contributed by atoms with Crippen LogP contribution in [0.15, 0.2) is 40.9 Å². The van der Waals surface area contributed by atoms with Crippen LogP contribution in [0.1, 0.15) is 17.4 Å².